The van der Waals surface area contributed by atoms with E-state index in [9.17, 15) is 19.2 Å². The minimum Gasteiger partial charge on any atom is -0.362 e. The number of hydrogen-bond donors (Lipinski definition) is 2. The summed E-state index contributed by atoms with van der Waals surface area (Å²) in [4.78, 5) is 58.4. The van der Waals surface area contributed by atoms with Crippen LogP contribution in [0.1, 0.15) is 54.7 Å². The number of fused-ring (bicyclic) bond motifs is 1. The first kappa shape index (κ1) is 25.3. The molecule has 2 N–H and O–H groups in total. The number of ketones is 2. The summed E-state index contributed by atoms with van der Waals surface area (Å²) in [6.07, 6.45) is 0.552. The lowest BCUT2D eigenvalue weighted by Gasteiger charge is -2.17. The number of rotatable bonds is 10. The van der Waals surface area contributed by atoms with Crippen LogP contribution >= 0.6 is 11.3 Å². The molecule has 2 aromatic heterocycles. The summed E-state index contributed by atoms with van der Waals surface area (Å²) in [6, 6.07) is 8.48. The highest BCUT2D eigenvalue weighted by molar-refractivity contribution is 7.18. The number of benzene rings is 1. The predicted molar refractivity (Wildman–Crippen MR) is 135 cm³/mol. The van der Waals surface area contributed by atoms with Gasteiger partial charge >= 0.3 is 0 Å². The van der Waals surface area contributed by atoms with Crippen LogP contribution in [0.25, 0.3) is 10.9 Å². The highest BCUT2D eigenvalue weighted by Gasteiger charge is 2.21. The smallest absolute Gasteiger partial charge is 0.262 e. The minimum absolute atomic E-state index is 0.0714. The topological polar surface area (TPSA) is 112 Å². The number of carbonyl (C=O) groups is 3. The van der Waals surface area contributed by atoms with E-state index in [0.29, 0.717) is 34.6 Å². The molecule has 0 saturated heterocycles. The van der Waals surface area contributed by atoms with E-state index < -0.39 is 6.04 Å². The van der Waals surface area contributed by atoms with Crippen molar-refractivity contribution in [1.82, 2.24) is 15.3 Å². The van der Waals surface area contributed by atoms with Crippen LogP contribution < -0.4 is 15.8 Å². The van der Waals surface area contributed by atoms with Gasteiger partial charge in [-0.2, -0.15) is 0 Å². The summed E-state index contributed by atoms with van der Waals surface area (Å²) in [5.41, 5.74) is 1.42. The SMILES string of the molecule is CC(=O)[C@H](CCC(=O)C(C)C)NC(=O)c1ccc(N(C)Cc2ccc3nc(C)[nH]c(=O)c3c2)s1. The number of aryl methyl sites for hydroxylation is 1. The molecule has 180 valence electrons. The van der Waals surface area contributed by atoms with Crippen molar-refractivity contribution in [1.29, 1.82) is 0 Å². The summed E-state index contributed by atoms with van der Waals surface area (Å²) in [7, 11) is 1.91. The molecule has 1 aromatic carbocycles. The zero-order valence-corrected chi connectivity index (χ0v) is 20.9. The summed E-state index contributed by atoms with van der Waals surface area (Å²) in [6.45, 7) is 7.35. The zero-order chi connectivity index (χ0) is 25.0. The molecule has 34 heavy (non-hydrogen) atoms. The molecule has 0 aliphatic heterocycles. The Morgan fingerprint density at radius 3 is 2.59 bits per heavy atom. The molecule has 9 heteroatoms. The predicted octanol–water partition coefficient (Wildman–Crippen LogP) is 3.62. The van der Waals surface area contributed by atoms with Crippen molar-refractivity contribution >= 4 is 44.7 Å². The number of Topliss-reactive ketones (excluding diaryl/α,β-unsaturated/α-hetero) is 2. The minimum atomic E-state index is -0.689. The van der Waals surface area contributed by atoms with Gasteiger partial charge in [-0.05, 0) is 50.1 Å². The van der Waals surface area contributed by atoms with Gasteiger partial charge in [-0.15, -0.1) is 11.3 Å². The Hall–Kier alpha value is -3.33. The number of aromatic nitrogens is 2. The van der Waals surface area contributed by atoms with Gasteiger partial charge < -0.3 is 15.2 Å². The molecule has 8 nitrogen and oxygen atoms in total. The van der Waals surface area contributed by atoms with Crippen molar-refractivity contribution in [2.24, 2.45) is 5.92 Å². The average Bonchev–Trinajstić information content (AvgIpc) is 3.27. The number of aromatic amines is 1. The second kappa shape index (κ2) is 10.7. The van der Waals surface area contributed by atoms with E-state index in [2.05, 4.69) is 15.3 Å². The van der Waals surface area contributed by atoms with Gasteiger partial charge in [-0.1, -0.05) is 19.9 Å². The fourth-order valence-corrected chi connectivity index (χ4v) is 4.46. The van der Waals surface area contributed by atoms with Crippen LogP contribution in [0.5, 0.6) is 0 Å². The van der Waals surface area contributed by atoms with Crippen molar-refractivity contribution in [3.63, 3.8) is 0 Å². The van der Waals surface area contributed by atoms with E-state index in [1.54, 1.807) is 13.0 Å². The molecule has 1 amide bonds. The van der Waals surface area contributed by atoms with Crippen LogP contribution in [0.15, 0.2) is 35.1 Å². The maximum atomic E-state index is 12.7. The van der Waals surface area contributed by atoms with Crippen molar-refractivity contribution < 1.29 is 14.4 Å². The molecular formula is C25H30N4O4S. The van der Waals surface area contributed by atoms with Crippen molar-refractivity contribution in [2.45, 2.75) is 53.1 Å². The molecule has 0 unspecified atom stereocenters. The third kappa shape index (κ3) is 6.17. The number of amides is 1. The second-order valence-electron chi connectivity index (χ2n) is 8.79. The lowest BCUT2D eigenvalue weighted by Crippen LogP contribution is -2.40. The summed E-state index contributed by atoms with van der Waals surface area (Å²) >= 11 is 1.32. The number of hydrogen-bond acceptors (Lipinski definition) is 7. The van der Waals surface area contributed by atoms with Gasteiger partial charge in [0.2, 0.25) is 0 Å². The molecule has 0 saturated carbocycles. The van der Waals surface area contributed by atoms with Crippen LogP contribution in [0, 0.1) is 12.8 Å². The van der Waals surface area contributed by atoms with E-state index in [0.717, 1.165) is 10.6 Å². The first-order valence-electron chi connectivity index (χ1n) is 11.2. The number of thiophene rings is 1. The van der Waals surface area contributed by atoms with Gasteiger partial charge in [0.05, 0.1) is 26.8 Å². The lowest BCUT2D eigenvalue weighted by atomic mass is 10.00. The molecule has 3 rings (SSSR count). The van der Waals surface area contributed by atoms with E-state index in [1.165, 1.54) is 18.3 Å². The van der Waals surface area contributed by atoms with Crippen LogP contribution in [0.2, 0.25) is 0 Å². The maximum Gasteiger partial charge on any atom is 0.262 e. The third-order valence-electron chi connectivity index (χ3n) is 5.62. The number of H-pyrrole nitrogens is 1. The van der Waals surface area contributed by atoms with E-state index in [-0.39, 0.29) is 35.4 Å². The standard InChI is InChI=1S/C25H30N4O4S/c1-14(2)21(31)9-8-19(15(3)30)28-25(33)22-10-11-23(34-22)29(5)13-17-6-7-20-18(12-17)24(32)27-16(4)26-20/h6-7,10-12,14,19H,8-9,13H2,1-5H3,(H,28,33)(H,26,27,32)/t19-/m0/s1. The Bertz CT molecular complexity index is 1280. The zero-order valence-electron chi connectivity index (χ0n) is 20.1. The van der Waals surface area contributed by atoms with Crippen LogP contribution in [-0.4, -0.2) is 40.5 Å². The van der Waals surface area contributed by atoms with Crippen LogP contribution in [0.3, 0.4) is 0 Å². The molecule has 0 aliphatic rings. The average molecular weight is 483 g/mol. The van der Waals surface area contributed by atoms with Gasteiger partial charge in [0.1, 0.15) is 11.6 Å². The maximum absolute atomic E-state index is 12.7. The van der Waals surface area contributed by atoms with Gasteiger partial charge in [0, 0.05) is 25.9 Å². The highest BCUT2D eigenvalue weighted by Crippen LogP contribution is 2.27. The first-order valence-corrected chi connectivity index (χ1v) is 12.0. The Kier molecular flexibility index (Phi) is 7.98. The largest absolute Gasteiger partial charge is 0.362 e. The molecule has 3 aromatic rings. The molecule has 2 heterocycles. The highest BCUT2D eigenvalue weighted by atomic mass is 32.1. The molecule has 0 bridgehead atoms. The quantitative estimate of drug-likeness (QED) is 0.456. The van der Waals surface area contributed by atoms with Gasteiger partial charge in [0.15, 0.2) is 5.78 Å². The number of nitrogens with one attached hydrogen (secondary N) is 2. The summed E-state index contributed by atoms with van der Waals surface area (Å²) < 4.78 is 0. The number of anilines is 1. The fraction of sp³-hybridized carbons (Fsp3) is 0.400. The summed E-state index contributed by atoms with van der Waals surface area (Å²) in [5, 5.41) is 4.17. The molecule has 0 fully saturated rings. The van der Waals surface area contributed by atoms with E-state index in [1.807, 2.05) is 50.1 Å². The third-order valence-corrected chi connectivity index (χ3v) is 6.82. The summed E-state index contributed by atoms with van der Waals surface area (Å²) in [5.74, 6) is 0.0442. The molecule has 1 atom stereocenters. The van der Waals surface area contributed by atoms with Crippen molar-refractivity contribution in [3.05, 3.63) is 57.0 Å². The van der Waals surface area contributed by atoms with Gasteiger partial charge in [-0.3, -0.25) is 19.2 Å². The van der Waals surface area contributed by atoms with Gasteiger partial charge in [0.25, 0.3) is 11.5 Å². The van der Waals surface area contributed by atoms with Gasteiger partial charge in [-0.25, -0.2) is 4.98 Å². The number of nitrogens with zero attached hydrogens (tertiary/aromatic N) is 2. The first-order chi connectivity index (χ1) is 16.0. The van der Waals surface area contributed by atoms with Crippen molar-refractivity contribution in [2.75, 3.05) is 11.9 Å². The van der Waals surface area contributed by atoms with E-state index >= 15 is 0 Å². The Morgan fingerprint density at radius 2 is 1.91 bits per heavy atom. The van der Waals surface area contributed by atoms with Crippen molar-refractivity contribution in [3.8, 4) is 0 Å². The molecule has 0 spiro atoms. The Labute approximate surface area is 202 Å². The molecule has 0 radical (unpaired) electrons. The fourth-order valence-electron chi connectivity index (χ4n) is 3.59. The number of carbonyl (C=O) groups excluding carboxylic acids is 3. The van der Waals surface area contributed by atoms with E-state index in [4.69, 9.17) is 0 Å². The van der Waals surface area contributed by atoms with Crippen LogP contribution in [-0.2, 0) is 16.1 Å². The second-order valence-corrected chi connectivity index (χ2v) is 9.86. The molecule has 0 aliphatic carbocycles. The molecular weight excluding hydrogens is 452 g/mol. The normalized spacial score (nSPS) is 12.1. The monoisotopic (exact) mass is 482 g/mol. The Balaban J connectivity index is 1.67. The van der Waals surface area contributed by atoms with Crippen LogP contribution in [0.4, 0.5) is 5.00 Å². The Morgan fingerprint density at radius 1 is 1.18 bits per heavy atom. The lowest BCUT2D eigenvalue weighted by molar-refractivity contribution is -0.122.